The molecule has 0 bridgehead atoms. The average molecular weight is 374 g/mol. The first kappa shape index (κ1) is 18.7. The molecule has 1 aliphatic rings. The number of likely N-dealkylation sites (tertiary alicyclic amines) is 1. The minimum absolute atomic E-state index is 0.139. The number of benzene rings is 2. The molecular weight excluding hydrogens is 350 g/mol. The number of rotatable bonds is 4. The summed E-state index contributed by atoms with van der Waals surface area (Å²) in [7, 11) is 0. The normalized spacial score (nSPS) is 26.6. The van der Waals surface area contributed by atoms with Gasteiger partial charge >= 0.3 is 12.0 Å². The van der Waals surface area contributed by atoms with Crippen LogP contribution in [0, 0.1) is 5.92 Å². The molecule has 1 aliphatic heterocycles. The quantitative estimate of drug-likeness (QED) is 0.628. The number of imide groups is 1. The Balaban J connectivity index is 1.84. The van der Waals surface area contributed by atoms with Crippen molar-refractivity contribution in [2.24, 2.45) is 5.92 Å². The minimum atomic E-state index is -1.11. The lowest BCUT2D eigenvalue weighted by Crippen LogP contribution is -2.61. The molecule has 2 aromatic carbocycles. The molecule has 2 aromatic rings. The highest BCUT2D eigenvalue weighted by molar-refractivity contribution is 7.80. The van der Waals surface area contributed by atoms with E-state index in [0.29, 0.717) is 17.9 Å². The molecule has 0 saturated carbocycles. The summed E-state index contributed by atoms with van der Waals surface area (Å²) in [5, 5.41) is 12.0. The van der Waals surface area contributed by atoms with Crippen LogP contribution >= 0.6 is 12.6 Å². The van der Waals surface area contributed by atoms with Gasteiger partial charge in [-0.1, -0.05) is 30.3 Å². The fourth-order valence-corrected chi connectivity index (χ4v) is 3.95. The van der Waals surface area contributed by atoms with Crippen molar-refractivity contribution < 1.29 is 23.9 Å². The summed E-state index contributed by atoms with van der Waals surface area (Å²) in [6, 6.07) is 13.5. The van der Waals surface area contributed by atoms with Crippen molar-refractivity contribution in [2.75, 3.05) is 12.3 Å². The summed E-state index contributed by atoms with van der Waals surface area (Å²) in [5.74, 6) is 0.302. The van der Waals surface area contributed by atoms with Gasteiger partial charge in [-0.05, 0) is 36.8 Å². The molecule has 1 heterocycles. The zero-order valence-corrected chi connectivity index (χ0v) is 15.9. The Morgan fingerprint density at radius 1 is 1.27 bits per heavy atom. The van der Waals surface area contributed by atoms with Crippen molar-refractivity contribution in [1.82, 2.24) is 0 Å². The maximum atomic E-state index is 12.8. The number of hydrogen-bond acceptors (Lipinski definition) is 4. The van der Waals surface area contributed by atoms with E-state index in [1.165, 1.54) is 0 Å². The van der Waals surface area contributed by atoms with Gasteiger partial charge in [0.05, 0.1) is 5.92 Å². The number of thiol groups is 1. The van der Waals surface area contributed by atoms with Crippen molar-refractivity contribution in [3.05, 3.63) is 42.5 Å². The molecular formula is C20H24NO4S+. The smallest absolute Gasteiger partial charge is 0.484 e. The highest BCUT2D eigenvalue weighted by atomic mass is 32.1. The first-order valence-corrected chi connectivity index (χ1v) is 9.43. The Morgan fingerprint density at radius 2 is 1.96 bits per heavy atom. The van der Waals surface area contributed by atoms with Crippen LogP contribution < -0.4 is 4.74 Å². The van der Waals surface area contributed by atoms with Crippen LogP contribution in [0.2, 0.25) is 0 Å². The Labute approximate surface area is 158 Å². The molecule has 1 fully saturated rings. The Morgan fingerprint density at radius 3 is 2.62 bits per heavy atom. The van der Waals surface area contributed by atoms with E-state index >= 15 is 0 Å². The molecule has 138 valence electrons. The molecule has 0 aromatic heterocycles. The molecule has 1 N–H and O–H groups in total. The van der Waals surface area contributed by atoms with Crippen molar-refractivity contribution in [3.8, 4) is 5.75 Å². The minimum Gasteiger partial charge on any atom is -0.484 e. The van der Waals surface area contributed by atoms with Gasteiger partial charge in [-0.15, -0.1) is 0 Å². The lowest BCUT2D eigenvalue weighted by molar-refractivity contribution is -0.795. The number of carboxylic acid groups (broad SMARTS) is 1. The van der Waals surface area contributed by atoms with Crippen LogP contribution in [0.1, 0.15) is 20.3 Å². The number of ether oxygens (including phenoxy) is 1. The summed E-state index contributed by atoms with van der Waals surface area (Å²) < 4.78 is 5.49. The van der Waals surface area contributed by atoms with E-state index in [2.05, 4.69) is 12.6 Å². The van der Waals surface area contributed by atoms with Gasteiger partial charge in [0.1, 0.15) is 18.3 Å². The van der Waals surface area contributed by atoms with E-state index in [1.807, 2.05) is 42.5 Å². The number of quaternary nitrogens is 1. The second-order valence-electron chi connectivity index (χ2n) is 7.09. The van der Waals surface area contributed by atoms with E-state index in [-0.39, 0.29) is 24.6 Å². The lowest BCUT2D eigenvalue weighted by atomic mass is 10.1. The molecule has 5 nitrogen and oxygen atoms in total. The Hall–Kier alpha value is -2.05. The third-order valence-electron chi connectivity index (χ3n) is 5.30. The highest BCUT2D eigenvalue weighted by Gasteiger charge is 2.58. The molecule has 26 heavy (non-hydrogen) atoms. The largest absolute Gasteiger partial charge is 0.521 e. The third kappa shape index (κ3) is 3.19. The van der Waals surface area contributed by atoms with Gasteiger partial charge in [0.15, 0.2) is 6.10 Å². The number of amides is 2. The zero-order chi connectivity index (χ0) is 18.9. The molecule has 4 atom stereocenters. The van der Waals surface area contributed by atoms with Crippen LogP contribution in [0.4, 0.5) is 4.79 Å². The summed E-state index contributed by atoms with van der Waals surface area (Å²) in [4.78, 5) is 24.8. The van der Waals surface area contributed by atoms with Gasteiger partial charge in [-0.3, -0.25) is 0 Å². The zero-order valence-electron chi connectivity index (χ0n) is 15.0. The monoisotopic (exact) mass is 374 g/mol. The highest BCUT2D eigenvalue weighted by Crippen LogP contribution is 2.33. The first-order chi connectivity index (χ1) is 12.4. The molecule has 6 heteroatoms. The second-order valence-corrected chi connectivity index (χ2v) is 7.45. The number of carbonyl (C=O) groups excluding carboxylic acids is 1. The van der Waals surface area contributed by atoms with Crippen LogP contribution in [0.25, 0.3) is 10.8 Å². The number of carbonyl (C=O) groups is 2. The summed E-state index contributed by atoms with van der Waals surface area (Å²) in [6.07, 6.45) is -0.913. The van der Waals surface area contributed by atoms with Crippen LogP contribution in [0.15, 0.2) is 42.5 Å². The Bertz CT molecular complexity index is 839. The summed E-state index contributed by atoms with van der Waals surface area (Å²) in [6.45, 7) is 3.67. The maximum Gasteiger partial charge on any atom is 0.521 e. The van der Waals surface area contributed by atoms with Crippen LogP contribution in [0.3, 0.4) is 0 Å². The predicted octanol–water partition coefficient (Wildman–Crippen LogP) is 3.97. The van der Waals surface area contributed by atoms with Gasteiger partial charge in [-0.2, -0.15) is 21.9 Å². The molecule has 0 spiro atoms. The SMILES string of the molecule is CC(CS)C(=O)[N@@+]1(C(=O)O)C[C@H](Oc2ccc3ccccc3c2)C[C@H]1C. The summed E-state index contributed by atoms with van der Waals surface area (Å²) >= 11 is 4.16. The van der Waals surface area contributed by atoms with Crippen molar-refractivity contribution in [1.29, 1.82) is 0 Å². The topological polar surface area (TPSA) is 63.6 Å². The van der Waals surface area contributed by atoms with Crippen LogP contribution in [0.5, 0.6) is 5.75 Å². The second kappa shape index (κ2) is 7.29. The van der Waals surface area contributed by atoms with Crippen molar-refractivity contribution >= 4 is 35.4 Å². The maximum absolute atomic E-state index is 12.8. The van der Waals surface area contributed by atoms with Gasteiger partial charge in [0.2, 0.25) is 0 Å². The molecule has 0 aliphatic carbocycles. The standard InChI is InChI=1S/C20H23NO4S/c1-13(12-26)19(22)21(20(23)24)11-18(9-14(21)2)25-17-8-7-15-5-3-4-6-16(15)10-17/h3-8,10,13-14,18H,9,11-12H2,1-2H3,(H-,23,24,26)/p+1/t13?,14-,18-,21-/m1/s1. The fraction of sp³-hybridized carbons (Fsp3) is 0.400. The summed E-state index contributed by atoms with van der Waals surface area (Å²) in [5.41, 5.74) is 0. The van der Waals surface area contributed by atoms with Crippen molar-refractivity contribution in [2.45, 2.75) is 32.4 Å². The van der Waals surface area contributed by atoms with E-state index in [4.69, 9.17) is 4.74 Å². The fourth-order valence-electron chi connectivity index (χ4n) is 3.79. The Kier molecular flexibility index (Phi) is 5.25. The first-order valence-electron chi connectivity index (χ1n) is 8.80. The van der Waals surface area contributed by atoms with E-state index in [1.54, 1.807) is 13.8 Å². The average Bonchev–Trinajstić information content (AvgIpc) is 2.97. The van der Waals surface area contributed by atoms with Crippen LogP contribution in [-0.2, 0) is 4.79 Å². The number of fused-ring (bicyclic) bond motifs is 1. The van der Waals surface area contributed by atoms with Crippen LogP contribution in [-0.4, -0.2) is 46.0 Å². The van der Waals surface area contributed by atoms with Gasteiger partial charge in [-0.25, -0.2) is 4.79 Å². The third-order valence-corrected chi connectivity index (χ3v) is 5.85. The van der Waals surface area contributed by atoms with Crippen molar-refractivity contribution in [3.63, 3.8) is 0 Å². The molecule has 3 rings (SSSR count). The van der Waals surface area contributed by atoms with Gasteiger partial charge in [0, 0.05) is 12.2 Å². The molecule has 1 unspecified atom stereocenters. The van der Waals surface area contributed by atoms with Gasteiger partial charge < -0.3 is 9.84 Å². The predicted molar refractivity (Wildman–Crippen MR) is 104 cm³/mol. The van der Waals surface area contributed by atoms with E-state index in [0.717, 1.165) is 10.8 Å². The number of hydrogen-bond donors (Lipinski definition) is 2. The van der Waals surface area contributed by atoms with E-state index in [9.17, 15) is 14.7 Å². The lowest BCUT2D eigenvalue weighted by Gasteiger charge is -2.31. The van der Waals surface area contributed by atoms with Gasteiger partial charge in [0.25, 0.3) is 0 Å². The molecule has 0 radical (unpaired) electrons. The molecule has 2 amide bonds. The van der Waals surface area contributed by atoms with E-state index < -0.39 is 16.5 Å². The molecule has 1 saturated heterocycles. The number of nitrogens with zero attached hydrogens (tertiary/aromatic N) is 1.